The molecule has 6 aromatic rings. The van der Waals surface area contributed by atoms with Crippen LogP contribution in [0.25, 0.3) is 17.0 Å². The Morgan fingerprint density at radius 3 is 2.48 bits per heavy atom. The lowest BCUT2D eigenvalue weighted by Gasteiger charge is -2.24. The van der Waals surface area contributed by atoms with Crippen LogP contribution in [0.4, 0.5) is 5.69 Å². The SMILES string of the molecule is CC1=C(C(=O)Nc2ccccc2)[C@H](c2cccs2)n2c(s/c(=C\c3c(C)n(Cc4ccc(Br)cc4)c4ccccc34)c2=O)=N1. The molecule has 0 fully saturated rings. The van der Waals surface area contributed by atoms with Crippen LogP contribution in [0.1, 0.15) is 34.7 Å². The van der Waals surface area contributed by atoms with E-state index in [9.17, 15) is 9.59 Å². The Morgan fingerprint density at radius 2 is 1.73 bits per heavy atom. The summed E-state index contributed by atoms with van der Waals surface area (Å²) in [4.78, 5) is 34.3. The molecule has 0 radical (unpaired) electrons. The molecule has 0 aliphatic carbocycles. The highest BCUT2D eigenvalue weighted by atomic mass is 79.9. The van der Waals surface area contributed by atoms with Gasteiger partial charge in [0.1, 0.15) is 6.04 Å². The molecule has 1 atom stereocenters. The second kappa shape index (κ2) is 11.6. The van der Waals surface area contributed by atoms with Gasteiger partial charge in [0.05, 0.1) is 15.8 Å². The standard InChI is InChI=1S/C35H27BrN4O2S2/c1-21-31(33(41)38-25-9-4-3-5-10-25)32(29-13-8-18-43-29)40-34(42)30(44-35(40)37-21)19-27-22(2)39(28-12-7-6-11-26(27)28)20-23-14-16-24(36)17-15-23/h3-19,32H,20H2,1-2H3,(H,38,41)/b30-19-/t32-/m0/s1. The highest BCUT2D eigenvalue weighted by Gasteiger charge is 2.33. The number of anilines is 1. The van der Waals surface area contributed by atoms with E-state index < -0.39 is 6.04 Å². The number of hydrogen-bond acceptors (Lipinski definition) is 5. The fourth-order valence-electron chi connectivity index (χ4n) is 5.79. The minimum atomic E-state index is -0.572. The van der Waals surface area contributed by atoms with Crippen molar-refractivity contribution >= 4 is 67.2 Å². The summed E-state index contributed by atoms with van der Waals surface area (Å²) in [5.74, 6) is -0.267. The Bertz CT molecular complexity index is 2240. The number of para-hydroxylation sites is 2. The van der Waals surface area contributed by atoms with E-state index in [2.05, 4.69) is 69.1 Å². The van der Waals surface area contributed by atoms with Crippen molar-refractivity contribution in [1.29, 1.82) is 0 Å². The van der Waals surface area contributed by atoms with Crippen molar-refractivity contribution in [3.05, 3.63) is 154 Å². The summed E-state index contributed by atoms with van der Waals surface area (Å²) in [5.41, 5.74) is 5.99. The van der Waals surface area contributed by atoms with E-state index in [-0.39, 0.29) is 11.5 Å². The van der Waals surface area contributed by atoms with Gasteiger partial charge in [-0.05, 0) is 67.3 Å². The maximum Gasteiger partial charge on any atom is 0.271 e. The maximum atomic E-state index is 14.3. The van der Waals surface area contributed by atoms with Gasteiger partial charge in [-0.15, -0.1) is 11.3 Å². The van der Waals surface area contributed by atoms with Crippen molar-refractivity contribution < 1.29 is 4.79 Å². The first kappa shape index (κ1) is 28.5. The number of nitrogens with zero attached hydrogens (tertiary/aromatic N) is 3. The minimum Gasteiger partial charge on any atom is -0.340 e. The second-order valence-corrected chi connectivity index (χ2v) is 13.6. The average molecular weight is 680 g/mol. The summed E-state index contributed by atoms with van der Waals surface area (Å²) in [6.07, 6.45) is 1.99. The van der Waals surface area contributed by atoms with Crippen molar-refractivity contribution in [1.82, 2.24) is 9.13 Å². The third-order valence-electron chi connectivity index (χ3n) is 7.92. The molecule has 3 aromatic heterocycles. The topological polar surface area (TPSA) is 68.4 Å². The molecular weight excluding hydrogens is 652 g/mol. The Labute approximate surface area is 270 Å². The quantitative estimate of drug-likeness (QED) is 0.206. The van der Waals surface area contributed by atoms with Crippen LogP contribution in [0.3, 0.4) is 0 Å². The van der Waals surface area contributed by atoms with Crippen LogP contribution in [0.5, 0.6) is 0 Å². The molecule has 1 aliphatic heterocycles. The van der Waals surface area contributed by atoms with E-state index in [1.54, 1.807) is 4.57 Å². The smallest absolute Gasteiger partial charge is 0.271 e. The number of allylic oxidation sites excluding steroid dienone is 1. The third-order valence-corrected chi connectivity index (χ3v) is 10.4. The number of thiazole rings is 1. The molecule has 1 aliphatic rings. The molecule has 0 saturated heterocycles. The molecule has 0 bridgehead atoms. The van der Waals surface area contributed by atoms with Gasteiger partial charge in [0, 0.05) is 43.7 Å². The number of benzene rings is 3. The van der Waals surface area contributed by atoms with E-state index in [0.29, 0.717) is 32.8 Å². The van der Waals surface area contributed by atoms with Crippen molar-refractivity contribution in [2.45, 2.75) is 26.4 Å². The highest BCUT2D eigenvalue weighted by molar-refractivity contribution is 9.10. The van der Waals surface area contributed by atoms with Crippen molar-refractivity contribution in [2.24, 2.45) is 4.99 Å². The zero-order chi connectivity index (χ0) is 30.4. The van der Waals surface area contributed by atoms with Gasteiger partial charge in [0.2, 0.25) is 0 Å². The average Bonchev–Trinajstić information content (AvgIpc) is 3.73. The Morgan fingerprint density at radius 1 is 0.977 bits per heavy atom. The predicted octanol–water partition coefficient (Wildman–Crippen LogP) is 7.01. The highest BCUT2D eigenvalue weighted by Crippen LogP contribution is 2.33. The zero-order valence-corrected chi connectivity index (χ0v) is 27.2. The fraction of sp³-hybridized carbons (Fsp3) is 0.114. The lowest BCUT2D eigenvalue weighted by molar-refractivity contribution is -0.113. The van der Waals surface area contributed by atoms with E-state index in [1.807, 2.05) is 73.0 Å². The summed E-state index contributed by atoms with van der Waals surface area (Å²) in [5, 5.41) is 6.06. The molecule has 6 nitrogen and oxygen atoms in total. The normalized spacial score (nSPS) is 15.0. The van der Waals surface area contributed by atoms with Crippen molar-refractivity contribution in [3.63, 3.8) is 0 Å². The molecule has 3 aromatic carbocycles. The van der Waals surface area contributed by atoms with Crippen molar-refractivity contribution in [3.8, 4) is 0 Å². The number of carbonyl (C=O) groups excluding carboxylic acids is 1. The fourth-order valence-corrected chi connectivity index (χ4v) is 7.91. The van der Waals surface area contributed by atoms with Crippen LogP contribution in [-0.4, -0.2) is 15.0 Å². The number of halogens is 1. The Balaban J connectivity index is 1.36. The van der Waals surface area contributed by atoms with Crippen LogP contribution in [0.2, 0.25) is 0 Å². The molecule has 7 rings (SSSR count). The summed E-state index contributed by atoms with van der Waals surface area (Å²) in [6.45, 7) is 4.66. The van der Waals surface area contributed by atoms with Gasteiger partial charge in [-0.2, -0.15) is 0 Å². The Hall–Kier alpha value is -4.31. The predicted molar refractivity (Wildman–Crippen MR) is 183 cm³/mol. The number of hydrogen-bond donors (Lipinski definition) is 1. The summed E-state index contributed by atoms with van der Waals surface area (Å²) >= 11 is 6.42. The number of thiophene rings is 1. The minimum absolute atomic E-state index is 0.159. The van der Waals surface area contributed by atoms with Gasteiger partial charge in [-0.3, -0.25) is 14.2 Å². The molecule has 9 heteroatoms. The summed E-state index contributed by atoms with van der Waals surface area (Å²) < 4.78 is 5.61. The first-order chi connectivity index (χ1) is 21.4. The molecule has 1 amide bonds. The number of rotatable bonds is 6. The number of nitrogens with one attached hydrogen (secondary N) is 1. The lowest BCUT2D eigenvalue weighted by Crippen LogP contribution is -2.40. The van der Waals surface area contributed by atoms with Gasteiger partial charge < -0.3 is 9.88 Å². The van der Waals surface area contributed by atoms with Crippen LogP contribution >= 0.6 is 38.6 Å². The molecule has 44 heavy (non-hydrogen) atoms. The molecule has 0 saturated carbocycles. The zero-order valence-electron chi connectivity index (χ0n) is 24.0. The van der Waals surface area contributed by atoms with E-state index in [4.69, 9.17) is 4.99 Å². The van der Waals surface area contributed by atoms with Gasteiger partial charge in [0.15, 0.2) is 4.80 Å². The monoisotopic (exact) mass is 678 g/mol. The first-order valence-corrected chi connectivity index (χ1v) is 16.6. The van der Waals surface area contributed by atoms with E-state index in [1.165, 1.54) is 28.2 Å². The van der Waals surface area contributed by atoms with E-state index in [0.717, 1.165) is 31.5 Å². The second-order valence-electron chi connectivity index (χ2n) is 10.6. The first-order valence-electron chi connectivity index (χ1n) is 14.1. The third kappa shape index (κ3) is 5.11. The van der Waals surface area contributed by atoms with Crippen LogP contribution in [0, 0.1) is 6.92 Å². The molecule has 1 N–H and O–H groups in total. The summed E-state index contributed by atoms with van der Waals surface area (Å²) in [7, 11) is 0. The number of fused-ring (bicyclic) bond motifs is 2. The van der Waals surface area contributed by atoms with Crippen LogP contribution < -0.4 is 20.2 Å². The maximum absolute atomic E-state index is 14.3. The molecular formula is C35H27BrN4O2S2. The van der Waals surface area contributed by atoms with Crippen LogP contribution in [-0.2, 0) is 11.3 Å². The van der Waals surface area contributed by atoms with Gasteiger partial charge in [-0.25, -0.2) is 4.99 Å². The van der Waals surface area contributed by atoms with Gasteiger partial charge in [0.25, 0.3) is 11.5 Å². The Kier molecular flexibility index (Phi) is 7.53. The molecule has 0 spiro atoms. The number of carbonyl (C=O) groups is 1. The van der Waals surface area contributed by atoms with Crippen LogP contribution in [0.15, 0.2) is 122 Å². The molecule has 218 valence electrons. The lowest BCUT2D eigenvalue weighted by atomic mass is 10.0. The number of aromatic nitrogens is 2. The van der Waals surface area contributed by atoms with Gasteiger partial charge >= 0.3 is 0 Å². The van der Waals surface area contributed by atoms with Crippen molar-refractivity contribution in [2.75, 3.05) is 5.32 Å². The van der Waals surface area contributed by atoms with Gasteiger partial charge in [-0.1, -0.05) is 81.9 Å². The largest absolute Gasteiger partial charge is 0.340 e. The molecule has 0 unspecified atom stereocenters. The number of amides is 1. The van der Waals surface area contributed by atoms with E-state index >= 15 is 0 Å². The molecule has 4 heterocycles. The summed E-state index contributed by atoms with van der Waals surface area (Å²) in [6, 6.07) is 29.3.